The maximum atomic E-state index is 12.8. The summed E-state index contributed by atoms with van der Waals surface area (Å²) < 4.78 is 5.74. The largest absolute Gasteiger partial charge is 0.466 e. The van der Waals surface area contributed by atoms with E-state index in [4.69, 9.17) is 4.74 Å². The van der Waals surface area contributed by atoms with Gasteiger partial charge < -0.3 is 10.1 Å². The van der Waals surface area contributed by atoms with Crippen LogP contribution in [0.2, 0.25) is 0 Å². The van der Waals surface area contributed by atoms with Crippen LogP contribution in [0.4, 0.5) is 10.8 Å². The third kappa shape index (κ3) is 3.13. The highest BCUT2D eigenvalue weighted by molar-refractivity contribution is 7.18. The Morgan fingerprint density at radius 3 is 2.78 bits per heavy atom. The number of pyridine rings is 1. The highest BCUT2D eigenvalue weighted by Crippen LogP contribution is 2.35. The van der Waals surface area contributed by atoms with Gasteiger partial charge in [-0.1, -0.05) is 17.4 Å². The van der Waals surface area contributed by atoms with Crippen molar-refractivity contribution in [2.75, 3.05) is 10.6 Å². The molecule has 1 aliphatic rings. The number of ether oxygens (including phenoxy) is 1. The molecule has 0 spiro atoms. The van der Waals surface area contributed by atoms with E-state index in [-0.39, 0.29) is 5.13 Å². The summed E-state index contributed by atoms with van der Waals surface area (Å²) in [7, 11) is 0. The number of amides is 2. The highest BCUT2D eigenvalue weighted by Gasteiger charge is 2.47. The van der Waals surface area contributed by atoms with Gasteiger partial charge in [-0.15, -0.1) is 10.2 Å². The molecule has 0 radical (unpaired) electrons. The molecular weight excluding hydrogens is 366 g/mol. The molecule has 2 N–H and O–H groups in total. The molecule has 1 aliphatic heterocycles. The molecule has 136 valence electrons. The van der Waals surface area contributed by atoms with E-state index in [0.717, 1.165) is 11.1 Å². The Kier molecular flexibility index (Phi) is 4.08. The number of nitrogens with one attached hydrogen (secondary N) is 2. The molecule has 27 heavy (non-hydrogen) atoms. The molecule has 0 bridgehead atoms. The van der Waals surface area contributed by atoms with Crippen molar-refractivity contribution in [1.82, 2.24) is 15.2 Å². The van der Waals surface area contributed by atoms with E-state index in [9.17, 15) is 9.59 Å². The average Bonchev–Trinajstić information content (AvgIpc) is 3.12. The Morgan fingerprint density at radius 2 is 2.00 bits per heavy atom. The summed E-state index contributed by atoms with van der Waals surface area (Å²) >= 11 is 1.20. The summed E-state index contributed by atoms with van der Waals surface area (Å²) in [6, 6.07) is 8.95. The van der Waals surface area contributed by atoms with Gasteiger partial charge in [0.2, 0.25) is 5.13 Å². The van der Waals surface area contributed by atoms with Crippen molar-refractivity contribution < 1.29 is 14.3 Å². The number of aryl methyl sites for hydroxylation is 1. The highest BCUT2D eigenvalue weighted by atomic mass is 32.1. The first-order valence-electron chi connectivity index (χ1n) is 8.12. The van der Waals surface area contributed by atoms with Crippen molar-refractivity contribution >= 4 is 34.0 Å². The van der Waals surface area contributed by atoms with Crippen molar-refractivity contribution in [2.45, 2.75) is 19.4 Å². The topological polar surface area (TPSA) is 106 Å². The lowest BCUT2D eigenvalue weighted by molar-refractivity contribution is -0.143. The first-order chi connectivity index (χ1) is 13.0. The summed E-state index contributed by atoms with van der Waals surface area (Å²) in [6.07, 6.45) is 3.30. The van der Waals surface area contributed by atoms with E-state index in [1.807, 2.05) is 13.0 Å². The Balaban J connectivity index is 1.55. The van der Waals surface area contributed by atoms with Gasteiger partial charge in [-0.05, 0) is 43.7 Å². The molecule has 2 aromatic heterocycles. The number of rotatable bonds is 3. The number of nitrogens with zero attached hydrogens (tertiary/aromatic N) is 3. The minimum atomic E-state index is -1.72. The Hall–Kier alpha value is -3.33. The van der Waals surface area contributed by atoms with Gasteiger partial charge in [0.15, 0.2) is 0 Å². The average molecular weight is 381 g/mol. The van der Waals surface area contributed by atoms with Crippen LogP contribution in [0.1, 0.15) is 12.5 Å². The zero-order chi connectivity index (χ0) is 19.0. The molecule has 1 aromatic carbocycles. The van der Waals surface area contributed by atoms with E-state index in [2.05, 4.69) is 25.8 Å². The maximum Gasteiger partial charge on any atom is 0.280 e. The molecule has 9 heteroatoms. The van der Waals surface area contributed by atoms with E-state index in [1.165, 1.54) is 18.3 Å². The summed E-state index contributed by atoms with van der Waals surface area (Å²) in [6.45, 7) is 3.33. The van der Waals surface area contributed by atoms with Gasteiger partial charge in [-0.25, -0.2) is 0 Å². The van der Waals surface area contributed by atoms with Crippen molar-refractivity contribution in [3.8, 4) is 16.3 Å². The minimum absolute atomic E-state index is 0.277. The standard InChI is InChI=1S/C18H15N5O3S/c1-10-3-4-13-12(9-10)20-15(24)18(2,26-13)16(25)21-17-23-22-14(27-17)11-5-7-19-8-6-11/h3-9H,1-2H3,(H,20,24)(H,21,23,25). The van der Waals surface area contributed by atoms with Crippen LogP contribution in [0.15, 0.2) is 42.7 Å². The normalized spacial score (nSPS) is 18.2. The third-order valence-electron chi connectivity index (χ3n) is 4.14. The zero-order valence-electron chi connectivity index (χ0n) is 14.5. The molecule has 3 aromatic rings. The molecule has 1 unspecified atom stereocenters. The molecule has 8 nitrogen and oxygen atoms in total. The van der Waals surface area contributed by atoms with Gasteiger partial charge in [0.25, 0.3) is 17.4 Å². The lowest BCUT2D eigenvalue weighted by Crippen LogP contribution is -2.56. The summed E-state index contributed by atoms with van der Waals surface area (Å²) in [5.74, 6) is -0.729. The maximum absolute atomic E-state index is 12.8. The molecule has 0 saturated heterocycles. The van der Waals surface area contributed by atoms with Gasteiger partial charge in [-0.3, -0.25) is 19.9 Å². The predicted octanol–water partition coefficient (Wildman–Crippen LogP) is 2.64. The molecule has 0 aliphatic carbocycles. The smallest absolute Gasteiger partial charge is 0.280 e. The van der Waals surface area contributed by atoms with Crippen LogP contribution in [-0.2, 0) is 9.59 Å². The van der Waals surface area contributed by atoms with E-state index < -0.39 is 17.4 Å². The number of carbonyl (C=O) groups excluding carboxylic acids is 2. The number of hydrogen-bond donors (Lipinski definition) is 2. The molecule has 1 atom stereocenters. The van der Waals surface area contributed by atoms with Crippen molar-refractivity contribution in [1.29, 1.82) is 0 Å². The Bertz CT molecular complexity index is 1040. The SMILES string of the molecule is Cc1ccc2c(c1)NC(=O)C(C)(C(=O)Nc1nnc(-c3ccncc3)s1)O2. The fourth-order valence-corrected chi connectivity index (χ4v) is 3.33. The number of fused-ring (bicyclic) bond motifs is 1. The second kappa shape index (κ2) is 6.44. The number of carbonyl (C=O) groups is 2. The Labute approximate surface area is 158 Å². The number of benzene rings is 1. The Morgan fingerprint density at radius 1 is 1.22 bits per heavy atom. The second-order valence-corrected chi connectivity index (χ2v) is 7.17. The first-order valence-corrected chi connectivity index (χ1v) is 8.94. The minimum Gasteiger partial charge on any atom is -0.466 e. The fraction of sp³-hybridized carbons (Fsp3) is 0.167. The molecule has 4 rings (SSSR count). The van der Waals surface area contributed by atoms with Crippen molar-refractivity contribution in [3.05, 3.63) is 48.3 Å². The van der Waals surface area contributed by atoms with E-state index >= 15 is 0 Å². The quantitative estimate of drug-likeness (QED) is 0.676. The first kappa shape index (κ1) is 17.1. The molecular formula is C18H15N5O3S. The lowest BCUT2D eigenvalue weighted by atomic mass is 10.0. The summed E-state index contributed by atoms with van der Waals surface area (Å²) in [4.78, 5) is 29.2. The fourth-order valence-electron chi connectivity index (χ4n) is 2.59. The molecule has 0 saturated carbocycles. The van der Waals surface area contributed by atoms with Gasteiger partial charge in [-0.2, -0.15) is 0 Å². The molecule has 0 fully saturated rings. The third-order valence-corrected chi connectivity index (χ3v) is 5.02. The summed E-state index contributed by atoms with van der Waals surface area (Å²) in [5.41, 5.74) is 0.639. The monoisotopic (exact) mass is 381 g/mol. The van der Waals surface area contributed by atoms with Crippen LogP contribution in [0, 0.1) is 6.92 Å². The molecule has 3 heterocycles. The molecule has 2 amide bonds. The van der Waals surface area contributed by atoms with Crippen LogP contribution in [0.3, 0.4) is 0 Å². The predicted molar refractivity (Wildman–Crippen MR) is 101 cm³/mol. The van der Waals surface area contributed by atoms with Crippen LogP contribution in [0.5, 0.6) is 5.75 Å². The van der Waals surface area contributed by atoms with Gasteiger partial charge in [0.05, 0.1) is 5.69 Å². The van der Waals surface area contributed by atoms with Gasteiger partial charge in [0, 0.05) is 18.0 Å². The van der Waals surface area contributed by atoms with Crippen molar-refractivity contribution in [2.24, 2.45) is 0 Å². The summed E-state index contributed by atoms with van der Waals surface area (Å²) in [5, 5.41) is 14.3. The number of aromatic nitrogens is 3. The van der Waals surface area contributed by atoms with Gasteiger partial charge in [0.1, 0.15) is 10.8 Å². The van der Waals surface area contributed by atoms with Crippen LogP contribution < -0.4 is 15.4 Å². The second-order valence-electron chi connectivity index (χ2n) is 6.19. The number of hydrogen-bond acceptors (Lipinski definition) is 7. The van der Waals surface area contributed by atoms with Crippen LogP contribution in [0.25, 0.3) is 10.6 Å². The van der Waals surface area contributed by atoms with Crippen LogP contribution >= 0.6 is 11.3 Å². The van der Waals surface area contributed by atoms with Gasteiger partial charge >= 0.3 is 0 Å². The number of anilines is 2. The van der Waals surface area contributed by atoms with Crippen molar-refractivity contribution in [3.63, 3.8) is 0 Å². The van der Waals surface area contributed by atoms with E-state index in [0.29, 0.717) is 16.4 Å². The lowest BCUT2D eigenvalue weighted by Gasteiger charge is -2.33. The zero-order valence-corrected chi connectivity index (χ0v) is 15.3. The van der Waals surface area contributed by atoms with Crippen LogP contribution in [-0.4, -0.2) is 32.6 Å². The van der Waals surface area contributed by atoms with E-state index in [1.54, 1.807) is 36.7 Å².